The zero-order valence-electron chi connectivity index (χ0n) is 8.52. The minimum absolute atomic E-state index is 0.755. The molecule has 1 N–H and O–H groups in total. The van der Waals surface area contributed by atoms with Crippen molar-refractivity contribution in [1.82, 2.24) is 0 Å². The van der Waals surface area contributed by atoms with E-state index < -0.39 is 0 Å². The summed E-state index contributed by atoms with van der Waals surface area (Å²) in [6.07, 6.45) is 5.24. The van der Waals surface area contributed by atoms with Crippen LogP contribution < -0.4 is 0 Å². The van der Waals surface area contributed by atoms with Gasteiger partial charge in [-0.3, -0.25) is 5.41 Å². The molecule has 0 aromatic rings. The van der Waals surface area contributed by atoms with Crippen LogP contribution in [0, 0.1) is 11.3 Å². The average molecular weight is 187 g/mol. The van der Waals surface area contributed by atoms with Crippen LogP contribution in [0.15, 0.2) is 0 Å². The van der Waals surface area contributed by atoms with E-state index in [9.17, 15) is 0 Å². The standard InChI is InChI=1S/C10H21NS/c1-4-6-7-10(5-2)8-12-9(3)11/h10-11H,4-8H2,1-3H3. The van der Waals surface area contributed by atoms with Gasteiger partial charge in [0.05, 0.1) is 5.04 Å². The highest BCUT2D eigenvalue weighted by Crippen LogP contribution is 2.18. The first kappa shape index (κ1) is 12.0. The molecule has 0 saturated carbocycles. The van der Waals surface area contributed by atoms with Crippen molar-refractivity contribution in [2.24, 2.45) is 5.92 Å². The molecule has 0 aromatic heterocycles. The van der Waals surface area contributed by atoms with Gasteiger partial charge in [0.25, 0.3) is 0 Å². The van der Waals surface area contributed by atoms with E-state index in [0.717, 1.165) is 16.7 Å². The summed E-state index contributed by atoms with van der Waals surface area (Å²) in [4.78, 5) is 0. The number of unbranched alkanes of at least 4 members (excludes halogenated alkanes) is 1. The lowest BCUT2D eigenvalue weighted by Crippen LogP contribution is -2.03. The van der Waals surface area contributed by atoms with Crippen molar-refractivity contribution >= 4 is 16.8 Å². The Bertz CT molecular complexity index is 123. The van der Waals surface area contributed by atoms with Gasteiger partial charge in [0.2, 0.25) is 0 Å². The average Bonchev–Trinajstić information content (AvgIpc) is 2.05. The largest absolute Gasteiger partial charge is 0.299 e. The maximum Gasteiger partial charge on any atom is 0.0610 e. The first-order chi connectivity index (χ1) is 5.70. The van der Waals surface area contributed by atoms with E-state index in [4.69, 9.17) is 5.41 Å². The van der Waals surface area contributed by atoms with Gasteiger partial charge in [0.1, 0.15) is 0 Å². The van der Waals surface area contributed by atoms with Crippen molar-refractivity contribution in [3.05, 3.63) is 0 Å². The van der Waals surface area contributed by atoms with Gasteiger partial charge in [-0.1, -0.05) is 33.1 Å². The van der Waals surface area contributed by atoms with Crippen molar-refractivity contribution < 1.29 is 0 Å². The third kappa shape index (κ3) is 6.71. The Balaban J connectivity index is 3.45. The van der Waals surface area contributed by atoms with Gasteiger partial charge in [-0.25, -0.2) is 0 Å². The lowest BCUT2D eigenvalue weighted by Gasteiger charge is -2.12. The van der Waals surface area contributed by atoms with E-state index in [1.54, 1.807) is 11.8 Å². The molecule has 0 aromatic carbocycles. The molecular weight excluding hydrogens is 166 g/mol. The molecule has 1 nitrogen and oxygen atoms in total. The first-order valence-electron chi connectivity index (χ1n) is 4.88. The fraction of sp³-hybridized carbons (Fsp3) is 0.900. The molecular formula is C10H21NS. The number of nitrogens with one attached hydrogen (secondary N) is 1. The quantitative estimate of drug-likeness (QED) is 0.494. The zero-order chi connectivity index (χ0) is 9.40. The van der Waals surface area contributed by atoms with Gasteiger partial charge in [-0.15, -0.1) is 11.8 Å². The number of rotatable bonds is 6. The van der Waals surface area contributed by atoms with Crippen LogP contribution in [-0.2, 0) is 0 Å². The summed E-state index contributed by atoms with van der Waals surface area (Å²) in [5, 5.41) is 8.06. The van der Waals surface area contributed by atoms with Crippen molar-refractivity contribution in [2.45, 2.75) is 46.5 Å². The minimum atomic E-state index is 0.755. The summed E-state index contributed by atoms with van der Waals surface area (Å²) in [5.74, 6) is 1.97. The summed E-state index contributed by atoms with van der Waals surface area (Å²) >= 11 is 1.70. The number of hydrogen-bond acceptors (Lipinski definition) is 2. The molecule has 0 amide bonds. The van der Waals surface area contributed by atoms with E-state index in [2.05, 4.69) is 13.8 Å². The van der Waals surface area contributed by atoms with Crippen LogP contribution in [0.1, 0.15) is 46.5 Å². The van der Waals surface area contributed by atoms with Gasteiger partial charge in [-0.2, -0.15) is 0 Å². The summed E-state index contributed by atoms with van der Waals surface area (Å²) in [6.45, 7) is 6.36. The van der Waals surface area contributed by atoms with Crippen molar-refractivity contribution in [1.29, 1.82) is 5.41 Å². The molecule has 72 valence electrons. The summed E-state index contributed by atoms with van der Waals surface area (Å²) in [7, 11) is 0. The molecule has 0 saturated heterocycles. The molecule has 0 fully saturated rings. The summed E-state index contributed by atoms with van der Waals surface area (Å²) in [6, 6.07) is 0. The maximum absolute atomic E-state index is 7.30. The molecule has 0 rings (SSSR count). The van der Waals surface area contributed by atoms with Gasteiger partial charge < -0.3 is 0 Å². The summed E-state index contributed by atoms with van der Waals surface area (Å²) in [5.41, 5.74) is 0. The number of thioether (sulfide) groups is 1. The Kier molecular flexibility index (Phi) is 7.67. The second-order valence-corrected chi connectivity index (χ2v) is 4.52. The molecule has 0 heterocycles. The Hall–Kier alpha value is 0.0200. The molecule has 1 atom stereocenters. The second kappa shape index (κ2) is 7.66. The van der Waals surface area contributed by atoms with Crippen molar-refractivity contribution in [2.75, 3.05) is 5.75 Å². The fourth-order valence-corrected chi connectivity index (χ4v) is 2.03. The SMILES string of the molecule is CCCCC(CC)CSC(C)=N. The van der Waals surface area contributed by atoms with Crippen LogP contribution in [0.25, 0.3) is 0 Å². The van der Waals surface area contributed by atoms with Crippen molar-refractivity contribution in [3.8, 4) is 0 Å². The fourth-order valence-electron chi connectivity index (χ4n) is 1.14. The van der Waals surface area contributed by atoms with E-state index in [0.29, 0.717) is 0 Å². The van der Waals surface area contributed by atoms with Gasteiger partial charge in [0.15, 0.2) is 0 Å². The lowest BCUT2D eigenvalue weighted by atomic mass is 10.0. The lowest BCUT2D eigenvalue weighted by molar-refractivity contribution is 0.500. The van der Waals surface area contributed by atoms with Crippen LogP contribution in [0.5, 0.6) is 0 Å². The molecule has 0 spiro atoms. The summed E-state index contributed by atoms with van der Waals surface area (Å²) < 4.78 is 0. The maximum atomic E-state index is 7.30. The molecule has 1 unspecified atom stereocenters. The van der Waals surface area contributed by atoms with Crippen LogP contribution in [0.3, 0.4) is 0 Å². The third-order valence-corrected chi connectivity index (χ3v) is 3.15. The minimum Gasteiger partial charge on any atom is -0.299 e. The monoisotopic (exact) mass is 187 g/mol. The highest BCUT2D eigenvalue weighted by Gasteiger charge is 2.05. The van der Waals surface area contributed by atoms with Gasteiger partial charge >= 0.3 is 0 Å². The Labute approximate surface area is 80.8 Å². The molecule has 2 heteroatoms. The van der Waals surface area contributed by atoms with Crippen LogP contribution >= 0.6 is 11.8 Å². The topological polar surface area (TPSA) is 23.9 Å². The Morgan fingerprint density at radius 2 is 2.08 bits per heavy atom. The Morgan fingerprint density at radius 3 is 2.50 bits per heavy atom. The van der Waals surface area contributed by atoms with E-state index in [1.165, 1.54) is 25.7 Å². The van der Waals surface area contributed by atoms with E-state index in [1.807, 2.05) is 6.92 Å². The third-order valence-electron chi connectivity index (χ3n) is 2.08. The van der Waals surface area contributed by atoms with E-state index >= 15 is 0 Å². The molecule has 0 bridgehead atoms. The first-order valence-corrected chi connectivity index (χ1v) is 5.87. The van der Waals surface area contributed by atoms with Crippen LogP contribution in [-0.4, -0.2) is 10.8 Å². The van der Waals surface area contributed by atoms with Gasteiger partial charge in [-0.05, 0) is 19.3 Å². The van der Waals surface area contributed by atoms with E-state index in [-0.39, 0.29) is 0 Å². The Morgan fingerprint density at radius 1 is 1.42 bits per heavy atom. The normalized spacial score (nSPS) is 12.9. The molecule has 0 aliphatic rings. The second-order valence-electron chi connectivity index (χ2n) is 3.28. The van der Waals surface area contributed by atoms with Crippen LogP contribution in [0.2, 0.25) is 0 Å². The van der Waals surface area contributed by atoms with Crippen LogP contribution in [0.4, 0.5) is 0 Å². The highest BCUT2D eigenvalue weighted by molar-refractivity contribution is 8.13. The van der Waals surface area contributed by atoms with Gasteiger partial charge in [0, 0.05) is 5.75 Å². The number of hydrogen-bond donors (Lipinski definition) is 1. The van der Waals surface area contributed by atoms with Crippen molar-refractivity contribution in [3.63, 3.8) is 0 Å². The zero-order valence-corrected chi connectivity index (χ0v) is 9.34. The highest BCUT2D eigenvalue weighted by atomic mass is 32.2. The smallest absolute Gasteiger partial charge is 0.0610 e. The molecule has 0 aliphatic carbocycles. The molecule has 0 radical (unpaired) electrons. The predicted octanol–water partition coefficient (Wildman–Crippen LogP) is 3.93. The molecule has 12 heavy (non-hydrogen) atoms. The predicted molar refractivity (Wildman–Crippen MR) is 59.2 cm³/mol. The molecule has 0 aliphatic heterocycles.